The fourth-order valence-electron chi connectivity index (χ4n) is 4.43. The first-order valence-electron chi connectivity index (χ1n) is 14.6. The molecule has 0 saturated carbocycles. The van der Waals surface area contributed by atoms with E-state index in [-0.39, 0.29) is 31.1 Å². The third kappa shape index (κ3) is 11.9. The summed E-state index contributed by atoms with van der Waals surface area (Å²) in [5.41, 5.74) is 7.86. The quantitative estimate of drug-likeness (QED) is 0.170. The molecule has 5 atom stereocenters. The number of aliphatic carboxylic acids is 1. The lowest BCUT2D eigenvalue weighted by atomic mass is 9.98. The molecule has 2 aromatic carbocycles. The van der Waals surface area contributed by atoms with Crippen LogP contribution in [0.1, 0.15) is 52.2 Å². The number of nitrogens with one attached hydrogen (secondary N) is 4. The van der Waals surface area contributed by atoms with E-state index in [1.165, 1.54) is 6.92 Å². The molecule has 0 aliphatic carbocycles. The second kappa shape index (κ2) is 17.0. The molecule has 0 radical (unpaired) electrons. The van der Waals surface area contributed by atoms with E-state index in [2.05, 4.69) is 21.3 Å². The van der Waals surface area contributed by atoms with Gasteiger partial charge in [0.15, 0.2) is 0 Å². The van der Waals surface area contributed by atoms with Gasteiger partial charge in [-0.1, -0.05) is 88.4 Å². The SMILES string of the molecule is CC(C)C[C@H](NC(=O)[C@@H](NC(=O)[C@H](Cc1ccccc1)NC(=O)[C@@H](N)Cc1ccccc1)C(C)C)C(=O)N[C@@H](C)C(=O)O. The summed E-state index contributed by atoms with van der Waals surface area (Å²) in [6, 6.07) is 13.3. The van der Waals surface area contributed by atoms with Gasteiger partial charge in [-0.15, -0.1) is 0 Å². The third-order valence-corrected chi connectivity index (χ3v) is 6.87. The Bertz CT molecular complexity index is 1220. The molecule has 0 spiro atoms. The number of amides is 4. The highest BCUT2D eigenvalue weighted by atomic mass is 16.4. The van der Waals surface area contributed by atoms with Gasteiger partial charge in [0.1, 0.15) is 24.2 Å². The summed E-state index contributed by atoms with van der Waals surface area (Å²) in [6.07, 6.45) is 0.701. The van der Waals surface area contributed by atoms with E-state index in [1.807, 2.05) is 74.5 Å². The van der Waals surface area contributed by atoms with Crippen molar-refractivity contribution in [3.63, 3.8) is 0 Å². The van der Waals surface area contributed by atoms with Gasteiger partial charge < -0.3 is 32.1 Å². The van der Waals surface area contributed by atoms with Crippen LogP contribution in [0.3, 0.4) is 0 Å². The lowest BCUT2D eigenvalue weighted by molar-refractivity contribution is -0.142. The van der Waals surface area contributed by atoms with Crippen LogP contribution in [-0.2, 0) is 36.8 Å². The number of carbonyl (C=O) groups is 5. The van der Waals surface area contributed by atoms with Gasteiger partial charge in [0.05, 0.1) is 6.04 Å². The number of nitrogens with two attached hydrogens (primary N) is 1. The molecule has 0 bridgehead atoms. The summed E-state index contributed by atoms with van der Waals surface area (Å²) in [5.74, 6) is -3.89. The molecule has 0 heterocycles. The number of benzene rings is 2. The van der Waals surface area contributed by atoms with Crippen molar-refractivity contribution in [1.82, 2.24) is 21.3 Å². The molecule has 0 saturated heterocycles. The average Bonchev–Trinajstić information content (AvgIpc) is 2.95. The molecule has 11 heteroatoms. The topological polar surface area (TPSA) is 180 Å². The minimum Gasteiger partial charge on any atom is -0.480 e. The molecule has 0 unspecified atom stereocenters. The first-order valence-corrected chi connectivity index (χ1v) is 14.6. The van der Waals surface area contributed by atoms with Crippen molar-refractivity contribution in [3.05, 3.63) is 71.8 Å². The van der Waals surface area contributed by atoms with Crippen LogP contribution >= 0.6 is 0 Å². The minimum atomic E-state index is -1.20. The first-order chi connectivity index (χ1) is 20.3. The Morgan fingerprint density at radius 2 is 1.14 bits per heavy atom. The number of hydrogen-bond acceptors (Lipinski definition) is 6. The second-order valence-corrected chi connectivity index (χ2v) is 11.5. The van der Waals surface area contributed by atoms with E-state index in [9.17, 15) is 29.1 Å². The molecule has 2 aromatic rings. The van der Waals surface area contributed by atoms with Crippen molar-refractivity contribution in [2.24, 2.45) is 17.6 Å². The molecule has 7 N–H and O–H groups in total. The molecule has 4 amide bonds. The van der Waals surface area contributed by atoms with Crippen LogP contribution in [0.25, 0.3) is 0 Å². The van der Waals surface area contributed by atoms with Gasteiger partial charge in [-0.05, 0) is 42.7 Å². The molecular weight excluding hydrogens is 550 g/mol. The Morgan fingerprint density at radius 3 is 1.63 bits per heavy atom. The Hall–Kier alpha value is -4.25. The van der Waals surface area contributed by atoms with Gasteiger partial charge in [0.25, 0.3) is 0 Å². The Labute approximate surface area is 253 Å². The summed E-state index contributed by atoms with van der Waals surface area (Å²) >= 11 is 0. The van der Waals surface area contributed by atoms with Crippen LogP contribution in [0.4, 0.5) is 0 Å². The van der Waals surface area contributed by atoms with Gasteiger partial charge in [0, 0.05) is 6.42 Å². The molecule has 43 heavy (non-hydrogen) atoms. The van der Waals surface area contributed by atoms with E-state index >= 15 is 0 Å². The highest BCUT2D eigenvalue weighted by Gasteiger charge is 2.33. The lowest BCUT2D eigenvalue weighted by Gasteiger charge is -2.28. The lowest BCUT2D eigenvalue weighted by Crippen LogP contribution is -2.60. The van der Waals surface area contributed by atoms with Gasteiger partial charge in [-0.3, -0.25) is 24.0 Å². The largest absolute Gasteiger partial charge is 0.480 e. The van der Waals surface area contributed by atoms with Crippen molar-refractivity contribution >= 4 is 29.6 Å². The molecule has 11 nitrogen and oxygen atoms in total. The zero-order valence-electron chi connectivity index (χ0n) is 25.5. The number of carbonyl (C=O) groups excluding carboxylic acids is 4. The van der Waals surface area contributed by atoms with Gasteiger partial charge in [-0.2, -0.15) is 0 Å². The highest BCUT2D eigenvalue weighted by molar-refractivity contribution is 5.95. The van der Waals surface area contributed by atoms with E-state index in [0.29, 0.717) is 0 Å². The van der Waals surface area contributed by atoms with Crippen LogP contribution < -0.4 is 27.0 Å². The molecule has 0 aliphatic rings. The Balaban J connectivity index is 2.21. The predicted octanol–water partition coefficient (Wildman–Crippen LogP) is 1.54. The Kier molecular flexibility index (Phi) is 13.8. The van der Waals surface area contributed by atoms with Gasteiger partial charge in [-0.25, -0.2) is 0 Å². The van der Waals surface area contributed by atoms with Crippen molar-refractivity contribution in [1.29, 1.82) is 0 Å². The number of carboxylic acids is 1. The van der Waals surface area contributed by atoms with Gasteiger partial charge >= 0.3 is 5.97 Å². The monoisotopic (exact) mass is 595 g/mol. The third-order valence-electron chi connectivity index (χ3n) is 6.87. The molecule has 2 rings (SSSR count). The molecule has 0 aliphatic heterocycles. The van der Waals surface area contributed by atoms with Crippen LogP contribution in [-0.4, -0.2) is 64.9 Å². The van der Waals surface area contributed by atoms with Crippen molar-refractivity contribution in [2.75, 3.05) is 0 Å². The van der Waals surface area contributed by atoms with Crippen LogP contribution in [0.2, 0.25) is 0 Å². The van der Waals surface area contributed by atoms with Crippen LogP contribution in [0.5, 0.6) is 0 Å². The summed E-state index contributed by atoms with van der Waals surface area (Å²) in [7, 11) is 0. The maximum absolute atomic E-state index is 13.6. The fraction of sp³-hybridized carbons (Fsp3) is 0.469. The van der Waals surface area contributed by atoms with E-state index in [1.54, 1.807) is 13.8 Å². The maximum atomic E-state index is 13.6. The molecule has 0 aromatic heterocycles. The zero-order chi connectivity index (χ0) is 32.1. The smallest absolute Gasteiger partial charge is 0.325 e. The van der Waals surface area contributed by atoms with Crippen LogP contribution in [0, 0.1) is 11.8 Å². The normalized spacial score (nSPS) is 14.6. The fourth-order valence-corrected chi connectivity index (χ4v) is 4.43. The standard InChI is InChI=1S/C32H45N5O6/c1-19(2)16-25(29(39)34-21(5)32(42)43)36-31(41)27(20(3)4)37-30(40)26(18-23-14-10-7-11-15-23)35-28(38)24(33)17-22-12-8-6-9-13-22/h6-15,19-21,24-27H,16-18,33H2,1-5H3,(H,34,39)(H,35,38)(H,36,41)(H,37,40)(H,42,43)/t21-,24-,25-,26-,27-/m0/s1. The predicted molar refractivity (Wildman–Crippen MR) is 164 cm³/mol. The van der Waals surface area contributed by atoms with E-state index in [4.69, 9.17) is 5.73 Å². The second-order valence-electron chi connectivity index (χ2n) is 11.5. The zero-order valence-corrected chi connectivity index (χ0v) is 25.5. The van der Waals surface area contributed by atoms with Crippen LogP contribution in [0.15, 0.2) is 60.7 Å². The van der Waals surface area contributed by atoms with Crippen molar-refractivity contribution in [2.45, 2.75) is 84.1 Å². The number of hydrogen-bond donors (Lipinski definition) is 6. The Morgan fingerprint density at radius 1 is 0.651 bits per heavy atom. The van der Waals surface area contributed by atoms with Gasteiger partial charge in [0.2, 0.25) is 23.6 Å². The van der Waals surface area contributed by atoms with Crippen molar-refractivity contribution in [3.8, 4) is 0 Å². The molecule has 0 fully saturated rings. The number of carboxylic acid groups (broad SMARTS) is 1. The number of rotatable bonds is 16. The van der Waals surface area contributed by atoms with Crippen molar-refractivity contribution < 1.29 is 29.1 Å². The first kappa shape index (κ1) is 34.9. The van der Waals surface area contributed by atoms with E-state index < -0.39 is 59.8 Å². The summed E-state index contributed by atoms with van der Waals surface area (Å²) < 4.78 is 0. The highest BCUT2D eigenvalue weighted by Crippen LogP contribution is 2.11. The average molecular weight is 596 g/mol. The summed E-state index contributed by atoms with van der Waals surface area (Å²) in [6.45, 7) is 8.56. The molecular formula is C32H45N5O6. The summed E-state index contributed by atoms with van der Waals surface area (Å²) in [4.78, 5) is 64.2. The summed E-state index contributed by atoms with van der Waals surface area (Å²) in [5, 5.41) is 19.8. The minimum absolute atomic E-state index is 0.00818. The van der Waals surface area contributed by atoms with E-state index in [0.717, 1.165) is 11.1 Å². The molecule has 234 valence electrons. The maximum Gasteiger partial charge on any atom is 0.325 e.